The highest BCUT2D eigenvalue weighted by Gasteiger charge is 2.35. The van der Waals surface area contributed by atoms with Crippen molar-refractivity contribution in [1.29, 1.82) is 0 Å². The van der Waals surface area contributed by atoms with Crippen molar-refractivity contribution in [1.82, 2.24) is 10.1 Å². The van der Waals surface area contributed by atoms with Crippen LogP contribution in [0, 0.1) is 12.8 Å². The minimum atomic E-state index is -0.477. The van der Waals surface area contributed by atoms with Crippen LogP contribution in [0.25, 0.3) is 11.4 Å². The molecule has 0 spiro atoms. The topological polar surface area (TPSA) is 97.6 Å². The molecular formula is C21H19ClN4O4. The Hall–Kier alpha value is -3.39. The number of ether oxygens (including phenoxy) is 1. The van der Waals surface area contributed by atoms with Crippen molar-refractivity contribution in [3.05, 3.63) is 53.4 Å². The average Bonchev–Trinajstić information content (AvgIpc) is 3.34. The van der Waals surface area contributed by atoms with E-state index in [9.17, 15) is 9.59 Å². The predicted molar refractivity (Wildman–Crippen MR) is 112 cm³/mol. The monoisotopic (exact) mass is 426 g/mol. The van der Waals surface area contributed by atoms with E-state index >= 15 is 0 Å². The Balaban J connectivity index is 1.47. The summed E-state index contributed by atoms with van der Waals surface area (Å²) < 4.78 is 10.1. The molecule has 1 atom stereocenters. The molecule has 1 aliphatic rings. The molecule has 4 rings (SSSR count). The van der Waals surface area contributed by atoms with Crippen molar-refractivity contribution >= 4 is 34.8 Å². The summed E-state index contributed by atoms with van der Waals surface area (Å²) in [6, 6.07) is 12.3. The number of carbonyl (C=O) groups is 2. The van der Waals surface area contributed by atoms with Gasteiger partial charge < -0.3 is 19.5 Å². The second-order valence-electron chi connectivity index (χ2n) is 6.93. The molecule has 154 valence electrons. The minimum Gasteiger partial charge on any atom is -0.495 e. The summed E-state index contributed by atoms with van der Waals surface area (Å²) in [6.07, 6.45) is 0.126. The molecule has 1 unspecified atom stereocenters. The van der Waals surface area contributed by atoms with Crippen LogP contribution >= 0.6 is 11.6 Å². The van der Waals surface area contributed by atoms with E-state index in [1.165, 1.54) is 7.11 Å². The van der Waals surface area contributed by atoms with Crippen LogP contribution in [0.3, 0.4) is 0 Å². The normalized spacial score (nSPS) is 16.0. The lowest BCUT2D eigenvalue weighted by Gasteiger charge is -2.17. The second-order valence-corrected chi connectivity index (χ2v) is 7.34. The fourth-order valence-electron chi connectivity index (χ4n) is 3.35. The summed E-state index contributed by atoms with van der Waals surface area (Å²) in [4.78, 5) is 31.1. The first-order valence-corrected chi connectivity index (χ1v) is 9.68. The number of hydrogen-bond donors (Lipinski definition) is 1. The number of aryl methyl sites for hydroxylation is 1. The zero-order chi connectivity index (χ0) is 21.3. The molecule has 8 nitrogen and oxygen atoms in total. The van der Waals surface area contributed by atoms with Gasteiger partial charge in [-0.15, -0.1) is 0 Å². The molecule has 0 saturated carbocycles. The molecule has 30 heavy (non-hydrogen) atoms. The lowest BCUT2D eigenvalue weighted by atomic mass is 10.1. The van der Waals surface area contributed by atoms with Gasteiger partial charge in [-0.2, -0.15) is 4.98 Å². The fourth-order valence-corrected chi connectivity index (χ4v) is 3.61. The number of nitrogens with zero attached hydrogens (tertiary/aromatic N) is 3. The molecule has 3 aromatic rings. The maximum Gasteiger partial charge on any atom is 0.229 e. The summed E-state index contributed by atoms with van der Waals surface area (Å²) in [6.45, 7) is 1.99. The minimum absolute atomic E-state index is 0.121. The maximum absolute atomic E-state index is 12.7. The Morgan fingerprint density at radius 2 is 2.13 bits per heavy atom. The number of hydrogen-bond acceptors (Lipinski definition) is 6. The number of nitrogens with one attached hydrogen (secondary N) is 1. The highest BCUT2D eigenvalue weighted by molar-refractivity contribution is 6.32. The molecular weight excluding hydrogens is 408 g/mol. The van der Waals surface area contributed by atoms with Gasteiger partial charge in [-0.25, -0.2) is 0 Å². The number of methoxy groups -OCH3 is 1. The van der Waals surface area contributed by atoms with Gasteiger partial charge in [-0.3, -0.25) is 9.59 Å². The summed E-state index contributed by atoms with van der Waals surface area (Å²) in [5.41, 5.74) is 1.96. The van der Waals surface area contributed by atoms with Gasteiger partial charge in [0, 0.05) is 36.8 Å². The van der Waals surface area contributed by atoms with Gasteiger partial charge in [0.25, 0.3) is 0 Å². The summed E-state index contributed by atoms with van der Waals surface area (Å²) in [5.74, 6) is 0.596. The molecule has 2 amide bonds. The van der Waals surface area contributed by atoms with E-state index in [-0.39, 0.29) is 24.8 Å². The van der Waals surface area contributed by atoms with E-state index in [1.807, 2.05) is 24.3 Å². The van der Waals surface area contributed by atoms with Crippen LogP contribution in [0.4, 0.5) is 11.4 Å². The summed E-state index contributed by atoms with van der Waals surface area (Å²) >= 11 is 6.11. The number of anilines is 2. The van der Waals surface area contributed by atoms with Crippen molar-refractivity contribution in [3.63, 3.8) is 0 Å². The molecule has 1 N–H and O–H groups in total. The number of benzene rings is 2. The van der Waals surface area contributed by atoms with Gasteiger partial charge in [0.05, 0.1) is 18.1 Å². The molecule has 1 saturated heterocycles. The Labute approximate surface area is 177 Å². The van der Waals surface area contributed by atoms with Gasteiger partial charge in [0.1, 0.15) is 5.75 Å². The first-order chi connectivity index (χ1) is 14.4. The van der Waals surface area contributed by atoms with Crippen LogP contribution in [0.2, 0.25) is 5.02 Å². The van der Waals surface area contributed by atoms with E-state index in [2.05, 4.69) is 15.5 Å². The Morgan fingerprint density at radius 3 is 2.83 bits per heavy atom. The van der Waals surface area contributed by atoms with Crippen molar-refractivity contribution in [2.75, 3.05) is 23.9 Å². The van der Waals surface area contributed by atoms with E-state index in [0.29, 0.717) is 33.9 Å². The molecule has 1 aliphatic heterocycles. The van der Waals surface area contributed by atoms with E-state index in [4.69, 9.17) is 20.9 Å². The SMILES string of the molecule is COc1ccc(NC(=O)C2CC(=O)N(c3cccc(-c4noc(C)n4)c3)C2)cc1Cl. The van der Waals surface area contributed by atoms with Gasteiger partial charge in [-0.1, -0.05) is 28.9 Å². The van der Waals surface area contributed by atoms with E-state index < -0.39 is 5.92 Å². The van der Waals surface area contributed by atoms with E-state index in [1.54, 1.807) is 30.0 Å². The van der Waals surface area contributed by atoms with Gasteiger partial charge in [0.15, 0.2) is 0 Å². The third-order valence-corrected chi connectivity index (χ3v) is 5.15. The Bertz CT molecular complexity index is 1110. The van der Waals surface area contributed by atoms with Crippen LogP contribution in [0.5, 0.6) is 5.75 Å². The standard InChI is InChI=1S/C21H19ClN4O4/c1-12-23-20(25-30-12)13-4-3-5-16(8-13)26-11-14(9-19(26)27)21(28)24-15-6-7-18(29-2)17(22)10-15/h3-8,10,14H,9,11H2,1-2H3,(H,24,28). The van der Waals surface area contributed by atoms with Crippen molar-refractivity contribution in [2.45, 2.75) is 13.3 Å². The van der Waals surface area contributed by atoms with Gasteiger partial charge >= 0.3 is 0 Å². The number of rotatable bonds is 5. The Morgan fingerprint density at radius 1 is 1.30 bits per heavy atom. The van der Waals surface area contributed by atoms with Crippen LogP contribution in [-0.2, 0) is 9.59 Å². The van der Waals surface area contributed by atoms with Gasteiger partial charge in [-0.05, 0) is 30.3 Å². The van der Waals surface area contributed by atoms with Crippen molar-refractivity contribution in [2.24, 2.45) is 5.92 Å². The largest absolute Gasteiger partial charge is 0.495 e. The average molecular weight is 427 g/mol. The summed E-state index contributed by atoms with van der Waals surface area (Å²) in [7, 11) is 1.52. The number of amides is 2. The third kappa shape index (κ3) is 3.99. The lowest BCUT2D eigenvalue weighted by Crippen LogP contribution is -2.28. The smallest absolute Gasteiger partial charge is 0.229 e. The molecule has 2 aromatic carbocycles. The molecule has 9 heteroatoms. The van der Waals surface area contributed by atoms with Crippen LogP contribution in [0.1, 0.15) is 12.3 Å². The molecule has 2 heterocycles. The first kappa shape index (κ1) is 19.9. The molecule has 1 aromatic heterocycles. The Kier molecular flexibility index (Phi) is 5.41. The molecule has 0 radical (unpaired) electrons. The van der Waals surface area contributed by atoms with Gasteiger partial charge in [0.2, 0.25) is 23.5 Å². The quantitative estimate of drug-likeness (QED) is 0.668. The predicted octanol–water partition coefficient (Wildman–Crippen LogP) is 3.70. The zero-order valence-electron chi connectivity index (χ0n) is 16.4. The number of aromatic nitrogens is 2. The fraction of sp³-hybridized carbons (Fsp3) is 0.238. The maximum atomic E-state index is 12.7. The van der Waals surface area contributed by atoms with Crippen molar-refractivity contribution < 1.29 is 18.8 Å². The third-order valence-electron chi connectivity index (χ3n) is 4.86. The van der Waals surface area contributed by atoms with Crippen LogP contribution in [0.15, 0.2) is 47.0 Å². The van der Waals surface area contributed by atoms with Crippen LogP contribution < -0.4 is 15.0 Å². The number of halogens is 1. The molecule has 0 bridgehead atoms. The molecule has 0 aliphatic carbocycles. The van der Waals surface area contributed by atoms with Crippen molar-refractivity contribution in [3.8, 4) is 17.1 Å². The zero-order valence-corrected chi connectivity index (χ0v) is 17.1. The lowest BCUT2D eigenvalue weighted by molar-refractivity contribution is -0.122. The molecule has 1 fully saturated rings. The number of carbonyl (C=O) groups excluding carboxylic acids is 2. The highest BCUT2D eigenvalue weighted by atomic mass is 35.5. The summed E-state index contributed by atoms with van der Waals surface area (Å²) in [5, 5.41) is 7.12. The second kappa shape index (κ2) is 8.16. The van der Waals surface area contributed by atoms with E-state index in [0.717, 1.165) is 5.56 Å². The highest BCUT2D eigenvalue weighted by Crippen LogP contribution is 2.30. The first-order valence-electron chi connectivity index (χ1n) is 9.30. The van der Waals surface area contributed by atoms with Crippen LogP contribution in [-0.4, -0.2) is 35.6 Å².